The molecule has 19 heavy (non-hydrogen) atoms. The first kappa shape index (κ1) is 11.8. The van der Waals surface area contributed by atoms with Crippen LogP contribution in [0.15, 0.2) is 30.3 Å². The van der Waals surface area contributed by atoms with Crippen LogP contribution in [-0.2, 0) is 7.05 Å². The Morgan fingerprint density at radius 1 is 1.42 bits per heavy atom. The number of primary amides is 1. The highest BCUT2D eigenvalue weighted by Gasteiger charge is 2.27. The van der Waals surface area contributed by atoms with Gasteiger partial charge in [0.1, 0.15) is 5.75 Å². The molecule has 1 fully saturated rings. The fourth-order valence-electron chi connectivity index (χ4n) is 2.20. The van der Waals surface area contributed by atoms with Crippen molar-refractivity contribution in [3.05, 3.63) is 36.0 Å². The molecule has 1 saturated carbocycles. The third-order valence-corrected chi connectivity index (χ3v) is 3.27. The van der Waals surface area contributed by atoms with E-state index in [2.05, 4.69) is 11.2 Å². The molecule has 1 aromatic carbocycles. The average molecular weight is 257 g/mol. The lowest BCUT2D eigenvalue weighted by Crippen LogP contribution is -2.16. The fourth-order valence-corrected chi connectivity index (χ4v) is 2.20. The van der Waals surface area contributed by atoms with Crippen LogP contribution in [0.5, 0.6) is 5.75 Å². The molecule has 1 amide bonds. The van der Waals surface area contributed by atoms with Gasteiger partial charge in [-0.2, -0.15) is 5.10 Å². The number of hydrogen-bond donors (Lipinski definition) is 1. The molecule has 5 heteroatoms. The van der Waals surface area contributed by atoms with Crippen molar-refractivity contribution in [2.75, 3.05) is 0 Å². The van der Waals surface area contributed by atoms with Crippen LogP contribution >= 0.6 is 0 Å². The van der Waals surface area contributed by atoms with Gasteiger partial charge < -0.3 is 10.5 Å². The number of carbonyl (C=O) groups excluding carboxylic acids is 1. The Kier molecular flexibility index (Phi) is 2.74. The van der Waals surface area contributed by atoms with Crippen LogP contribution in [0, 0.1) is 0 Å². The minimum absolute atomic E-state index is 0.459. The number of carbonyl (C=O) groups is 1. The quantitative estimate of drug-likeness (QED) is 0.918. The summed E-state index contributed by atoms with van der Waals surface area (Å²) in [5, 5.41) is 4.51. The molecule has 0 atom stereocenters. The normalized spacial score (nSPS) is 14.4. The van der Waals surface area contributed by atoms with E-state index in [9.17, 15) is 4.79 Å². The van der Waals surface area contributed by atoms with E-state index >= 15 is 0 Å². The minimum Gasteiger partial charge on any atom is -0.410 e. The Balaban J connectivity index is 2.03. The van der Waals surface area contributed by atoms with Gasteiger partial charge in [-0.15, -0.1) is 0 Å². The SMILES string of the molecule is Cn1nc(C2CC2)cc1-c1ccccc1OC(N)=O. The molecule has 1 aliphatic carbocycles. The van der Waals surface area contributed by atoms with E-state index in [1.54, 1.807) is 12.1 Å². The lowest BCUT2D eigenvalue weighted by molar-refractivity contribution is 0.211. The second-order valence-corrected chi connectivity index (χ2v) is 4.77. The second kappa shape index (κ2) is 4.42. The Morgan fingerprint density at radius 3 is 2.84 bits per heavy atom. The maximum Gasteiger partial charge on any atom is 0.409 e. The first-order valence-electron chi connectivity index (χ1n) is 6.26. The molecule has 2 N–H and O–H groups in total. The summed E-state index contributed by atoms with van der Waals surface area (Å²) < 4.78 is 6.85. The zero-order chi connectivity index (χ0) is 13.4. The van der Waals surface area contributed by atoms with Crippen LogP contribution in [0.2, 0.25) is 0 Å². The average Bonchev–Trinajstić information content (AvgIpc) is 3.14. The number of nitrogens with two attached hydrogens (primary N) is 1. The Hall–Kier alpha value is -2.30. The number of benzene rings is 1. The van der Waals surface area contributed by atoms with Gasteiger partial charge in [0, 0.05) is 18.5 Å². The van der Waals surface area contributed by atoms with Crippen molar-refractivity contribution in [1.82, 2.24) is 9.78 Å². The summed E-state index contributed by atoms with van der Waals surface area (Å²) in [6.45, 7) is 0. The van der Waals surface area contributed by atoms with Gasteiger partial charge in [0.05, 0.1) is 11.4 Å². The number of aromatic nitrogens is 2. The number of ether oxygens (including phenoxy) is 1. The van der Waals surface area contributed by atoms with E-state index in [1.807, 2.05) is 23.9 Å². The summed E-state index contributed by atoms with van der Waals surface area (Å²) in [5.41, 5.74) is 7.94. The largest absolute Gasteiger partial charge is 0.410 e. The summed E-state index contributed by atoms with van der Waals surface area (Å²) in [5.74, 6) is 1.05. The first-order chi connectivity index (χ1) is 9.15. The first-order valence-corrected chi connectivity index (χ1v) is 6.26. The maximum atomic E-state index is 10.9. The lowest BCUT2D eigenvalue weighted by Gasteiger charge is -2.08. The summed E-state index contributed by atoms with van der Waals surface area (Å²) in [6.07, 6.45) is 1.60. The van der Waals surface area contributed by atoms with Crippen molar-refractivity contribution in [3.63, 3.8) is 0 Å². The van der Waals surface area contributed by atoms with Crippen molar-refractivity contribution in [3.8, 4) is 17.0 Å². The molecule has 2 aromatic rings. The van der Waals surface area contributed by atoms with E-state index in [0.717, 1.165) is 17.0 Å². The second-order valence-electron chi connectivity index (χ2n) is 4.77. The van der Waals surface area contributed by atoms with Gasteiger partial charge in [0.2, 0.25) is 0 Å². The van der Waals surface area contributed by atoms with Crippen molar-refractivity contribution in [2.45, 2.75) is 18.8 Å². The number of hydrogen-bond acceptors (Lipinski definition) is 3. The standard InChI is InChI=1S/C14H15N3O2/c1-17-12(8-11(16-17)9-6-7-9)10-4-2-3-5-13(10)19-14(15)18/h2-5,8-9H,6-7H2,1H3,(H2,15,18). The highest BCUT2D eigenvalue weighted by molar-refractivity contribution is 5.75. The lowest BCUT2D eigenvalue weighted by atomic mass is 10.1. The Morgan fingerprint density at radius 2 is 2.16 bits per heavy atom. The maximum absolute atomic E-state index is 10.9. The van der Waals surface area contributed by atoms with Crippen molar-refractivity contribution < 1.29 is 9.53 Å². The molecule has 0 saturated heterocycles. The molecular formula is C14H15N3O2. The highest BCUT2D eigenvalue weighted by atomic mass is 16.5. The van der Waals surface area contributed by atoms with E-state index < -0.39 is 6.09 Å². The van der Waals surface area contributed by atoms with Gasteiger partial charge in [0.25, 0.3) is 0 Å². The Labute approximate surface area is 111 Å². The predicted octanol–water partition coefficient (Wildman–Crippen LogP) is 2.42. The molecule has 0 spiro atoms. The molecular weight excluding hydrogens is 242 g/mol. The Bertz CT molecular complexity index is 629. The molecule has 5 nitrogen and oxygen atoms in total. The van der Waals surface area contributed by atoms with Crippen molar-refractivity contribution in [1.29, 1.82) is 0 Å². The number of para-hydroxylation sites is 1. The summed E-state index contributed by atoms with van der Waals surface area (Å²) in [6, 6.07) is 9.38. The smallest absolute Gasteiger partial charge is 0.409 e. The van der Waals surface area contributed by atoms with Gasteiger partial charge in [-0.1, -0.05) is 12.1 Å². The van der Waals surface area contributed by atoms with Crippen molar-refractivity contribution in [2.24, 2.45) is 12.8 Å². The minimum atomic E-state index is -0.808. The van der Waals surface area contributed by atoms with Crippen molar-refractivity contribution >= 4 is 6.09 Å². The molecule has 0 aliphatic heterocycles. The third kappa shape index (κ3) is 2.31. The van der Waals surface area contributed by atoms with Crippen LogP contribution in [0.1, 0.15) is 24.5 Å². The molecule has 0 unspecified atom stereocenters. The molecule has 3 rings (SSSR count). The van der Waals surface area contributed by atoms with E-state index in [4.69, 9.17) is 10.5 Å². The third-order valence-electron chi connectivity index (χ3n) is 3.27. The van der Waals surface area contributed by atoms with Crippen LogP contribution in [0.3, 0.4) is 0 Å². The monoisotopic (exact) mass is 257 g/mol. The van der Waals surface area contributed by atoms with E-state index in [1.165, 1.54) is 12.8 Å². The molecule has 1 aromatic heterocycles. The number of nitrogens with zero attached hydrogens (tertiary/aromatic N) is 2. The zero-order valence-electron chi connectivity index (χ0n) is 10.7. The number of rotatable bonds is 3. The predicted molar refractivity (Wildman–Crippen MR) is 70.8 cm³/mol. The van der Waals surface area contributed by atoms with Gasteiger partial charge in [-0.25, -0.2) is 4.79 Å². The van der Waals surface area contributed by atoms with Crippen LogP contribution in [-0.4, -0.2) is 15.9 Å². The van der Waals surface area contributed by atoms with E-state index in [-0.39, 0.29) is 0 Å². The van der Waals surface area contributed by atoms with Gasteiger partial charge in [-0.05, 0) is 31.0 Å². The summed E-state index contributed by atoms with van der Waals surface area (Å²) >= 11 is 0. The van der Waals surface area contributed by atoms with Crippen LogP contribution in [0.25, 0.3) is 11.3 Å². The zero-order valence-corrected chi connectivity index (χ0v) is 10.7. The highest BCUT2D eigenvalue weighted by Crippen LogP contribution is 2.41. The number of aryl methyl sites for hydroxylation is 1. The molecule has 0 bridgehead atoms. The van der Waals surface area contributed by atoms with Crippen LogP contribution in [0.4, 0.5) is 4.79 Å². The van der Waals surface area contributed by atoms with Gasteiger partial charge in [0.15, 0.2) is 0 Å². The van der Waals surface area contributed by atoms with Gasteiger partial charge >= 0.3 is 6.09 Å². The topological polar surface area (TPSA) is 70.1 Å². The molecule has 98 valence electrons. The van der Waals surface area contributed by atoms with E-state index in [0.29, 0.717) is 11.7 Å². The molecule has 1 aliphatic rings. The van der Waals surface area contributed by atoms with Crippen LogP contribution < -0.4 is 10.5 Å². The summed E-state index contributed by atoms with van der Waals surface area (Å²) in [4.78, 5) is 10.9. The molecule has 0 radical (unpaired) electrons. The van der Waals surface area contributed by atoms with Gasteiger partial charge in [-0.3, -0.25) is 4.68 Å². The number of amides is 1. The molecule has 1 heterocycles. The fraction of sp³-hybridized carbons (Fsp3) is 0.286. The summed E-state index contributed by atoms with van der Waals surface area (Å²) in [7, 11) is 1.89.